The van der Waals surface area contributed by atoms with Crippen LogP contribution >= 0.6 is 0 Å². The van der Waals surface area contributed by atoms with Gasteiger partial charge < -0.3 is 28.8 Å². The van der Waals surface area contributed by atoms with Crippen LogP contribution in [-0.2, 0) is 22.4 Å². The van der Waals surface area contributed by atoms with Gasteiger partial charge in [0, 0.05) is 40.4 Å². The number of hydrogen-bond acceptors (Lipinski definition) is 10. The second-order valence-electron chi connectivity index (χ2n) is 12.7. The van der Waals surface area contributed by atoms with Gasteiger partial charge in [-0.25, -0.2) is 4.79 Å². The van der Waals surface area contributed by atoms with E-state index in [-0.39, 0.29) is 43.9 Å². The maximum absolute atomic E-state index is 13.2. The third-order valence-corrected chi connectivity index (χ3v) is 10.2. The summed E-state index contributed by atoms with van der Waals surface area (Å²) < 4.78 is 30.1. The number of phenols is 1. The molecule has 0 amide bonds. The fraction of sp³-hybridized carbons (Fsp3) is 0.368. The van der Waals surface area contributed by atoms with Gasteiger partial charge in [-0.15, -0.1) is 0 Å². The molecule has 5 atom stereocenters. The van der Waals surface area contributed by atoms with E-state index < -0.39 is 18.1 Å². The number of phenolic OH excluding ortho intramolecular Hbond substituents is 1. The average Bonchev–Trinajstić information content (AvgIpc) is 3.58. The molecule has 248 valence electrons. The van der Waals surface area contributed by atoms with E-state index in [1.54, 1.807) is 19.3 Å². The standard InChI is InChI=1S/C38H39N3O7/c1-6-14-45-36-22(3)37-38(48-20-47-37)32-25(36)17-27-33-31-24(15-21(2)35(44-5)34(31)43)16-26(40(33)4)28(18-39)41(27)29(32)19-46-30(42)13-12-23-10-8-7-9-11-23/h6-13,15,26-29,33,43H,1,14,16-17,19-20H2,2-5H3/b13-12+/t26?,27?,28-,29-,33?/m0/s1. The smallest absolute Gasteiger partial charge is 0.330 e. The van der Waals surface area contributed by atoms with Gasteiger partial charge in [-0.05, 0) is 56.5 Å². The predicted octanol–water partition coefficient (Wildman–Crippen LogP) is 5.34. The number of esters is 1. The third kappa shape index (κ3) is 4.97. The molecule has 2 bridgehead atoms. The van der Waals surface area contributed by atoms with E-state index in [2.05, 4.69) is 28.5 Å². The molecule has 3 aromatic carbocycles. The molecule has 0 aliphatic carbocycles. The lowest BCUT2D eigenvalue weighted by Crippen LogP contribution is -2.68. The third-order valence-electron chi connectivity index (χ3n) is 10.2. The first-order valence-electron chi connectivity index (χ1n) is 16.2. The Balaban J connectivity index is 1.39. The van der Waals surface area contributed by atoms with Crippen LogP contribution in [0.3, 0.4) is 0 Å². The Morgan fingerprint density at radius 3 is 2.62 bits per heavy atom. The maximum atomic E-state index is 13.2. The summed E-state index contributed by atoms with van der Waals surface area (Å²) in [4.78, 5) is 17.6. The van der Waals surface area contributed by atoms with Crippen molar-refractivity contribution < 1.29 is 33.6 Å². The summed E-state index contributed by atoms with van der Waals surface area (Å²) in [7, 11) is 3.58. The van der Waals surface area contributed by atoms with E-state index in [1.165, 1.54) is 6.08 Å². The normalized spacial score (nSPS) is 23.9. The van der Waals surface area contributed by atoms with Crippen molar-refractivity contribution in [3.63, 3.8) is 0 Å². The minimum Gasteiger partial charge on any atom is -0.504 e. The topological polar surface area (TPSA) is 114 Å². The summed E-state index contributed by atoms with van der Waals surface area (Å²) in [6.07, 6.45) is 5.86. The first-order chi connectivity index (χ1) is 23.3. The maximum Gasteiger partial charge on any atom is 0.330 e. The van der Waals surface area contributed by atoms with E-state index in [1.807, 2.05) is 51.2 Å². The molecule has 1 saturated heterocycles. The molecule has 48 heavy (non-hydrogen) atoms. The highest BCUT2D eigenvalue weighted by molar-refractivity contribution is 5.87. The van der Waals surface area contributed by atoms with E-state index in [0.717, 1.165) is 38.9 Å². The molecule has 4 aliphatic heterocycles. The lowest BCUT2D eigenvalue weighted by molar-refractivity contribution is -0.143. The van der Waals surface area contributed by atoms with Gasteiger partial charge in [0.15, 0.2) is 23.0 Å². The molecule has 7 rings (SSSR count). The summed E-state index contributed by atoms with van der Waals surface area (Å²) in [5.41, 5.74) is 6.00. The molecule has 0 spiro atoms. The quantitative estimate of drug-likeness (QED) is 0.195. The highest BCUT2D eigenvalue weighted by atomic mass is 16.7. The number of ether oxygens (including phenoxy) is 5. The molecule has 0 saturated carbocycles. The summed E-state index contributed by atoms with van der Waals surface area (Å²) >= 11 is 0. The zero-order valence-electron chi connectivity index (χ0n) is 27.6. The van der Waals surface area contributed by atoms with Crippen molar-refractivity contribution >= 4 is 12.0 Å². The summed E-state index contributed by atoms with van der Waals surface area (Å²) in [5.74, 6) is 1.87. The van der Waals surface area contributed by atoms with Gasteiger partial charge in [0.1, 0.15) is 25.0 Å². The molecule has 10 heteroatoms. The Morgan fingerprint density at radius 2 is 1.90 bits per heavy atom. The molecular formula is C38H39N3O7. The van der Waals surface area contributed by atoms with Crippen molar-refractivity contribution in [3.8, 4) is 34.8 Å². The first kappa shape index (κ1) is 31.6. The number of hydrogen-bond donors (Lipinski definition) is 1. The van der Waals surface area contributed by atoms with Crippen molar-refractivity contribution in [2.45, 2.75) is 56.9 Å². The highest BCUT2D eigenvalue weighted by Crippen LogP contribution is 2.58. The fourth-order valence-corrected chi connectivity index (χ4v) is 8.27. The largest absolute Gasteiger partial charge is 0.504 e. The van der Waals surface area contributed by atoms with Crippen molar-refractivity contribution in [1.29, 1.82) is 5.26 Å². The number of methoxy groups -OCH3 is 1. The number of fused-ring (bicyclic) bond motifs is 9. The molecule has 3 aromatic rings. The van der Waals surface area contributed by atoms with Gasteiger partial charge in [0.25, 0.3) is 0 Å². The average molecular weight is 650 g/mol. The number of carbonyl (C=O) groups is 1. The first-order valence-corrected chi connectivity index (χ1v) is 16.2. The Morgan fingerprint density at radius 1 is 1.12 bits per heavy atom. The van der Waals surface area contributed by atoms with Crippen molar-refractivity contribution in [2.24, 2.45) is 0 Å². The van der Waals surface area contributed by atoms with E-state index in [0.29, 0.717) is 35.8 Å². The van der Waals surface area contributed by atoms with Crippen LogP contribution in [-0.4, -0.2) is 73.2 Å². The van der Waals surface area contributed by atoms with Crippen molar-refractivity contribution in [2.75, 3.05) is 34.2 Å². The zero-order chi connectivity index (χ0) is 33.7. The lowest BCUT2D eigenvalue weighted by atomic mass is 9.71. The van der Waals surface area contributed by atoms with Crippen LogP contribution in [0.4, 0.5) is 0 Å². The number of aromatic hydroxyl groups is 1. The molecule has 0 aromatic heterocycles. The Kier molecular flexibility index (Phi) is 8.27. The van der Waals surface area contributed by atoms with Gasteiger partial charge >= 0.3 is 5.97 Å². The Labute approximate surface area is 280 Å². The summed E-state index contributed by atoms with van der Waals surface area (Å²) in [6, 6.07) is 12.3. The molecule has 10 nitrogen and oxygen atoms in total. The van der Waals surface area contributed by atoms with Crippen molar-refractivity contribution in [3.05, 3.63) is 94.1 Å². The minimum atomic E-state index is -0.575. The summed E-state index contributed by atoms with van der Waals surface area (Å²) in [5, 5.41) is 22.6. The molecule has 3 unspecified atom stereocenters. The van der Waals surface area contributed by atoms with Crippen LogP contribution in [0.2, 0.25) is 0 Å². The van der Waals surface area contributed by atoms with Crippen LogP contribution < -0.4 is 18.9 Å². The fourth-order valence-electron chi connectivity index (χ4n) is 8.27. The number of piperazine rings is 1. The zero-order valence-corrected chi connectivity index (χ0v) is 27.6. The number of rotatable bonds is 8. The van der Waals surface area contributed by atoms with Gasteiger partial charge in [-0.2, -0.15) is 5.26 Å². The van der Waals surface area contributed by atoms with Crippen LogP contribution in [0.1, 0.15) is 51.0 Å². The number of carbonyl (C=O) groups excluding carboxylic acids is 1. The second-order valence-corrected chi connectivity index (χ2v) is 12.7. The lowest BCUT2D eigenvalue weighted by Gasteiger charge is -2.59. The summed E-state index contributed by atoms with van der Waals surface area (Å²) in [6.45, 7) is 7.99. The molecule has 1 N–H and O–H groups in total. The van der Waals surface area contributed by atoms with E-state index in [9.17, 15) is 15.2 Å². The van der Waals surface area contributed by atoms with E-state index in [4.69, 9.17) is 23.7 Å². The SMILES string of the molecule is C=CCOc1c(C)c2c(c3c1CC1C4c5c(cc(C)c(OC)c5O)CC([C@H](C#N)N1[C@H]3COC(=O)/C=C/c1ccccc1)N4C)OCO2. The van der Waals surface area contributed by atoms with Gasteiger partial charge in [0.05, 0.1) is 25.3 Å². The molecule has 0 radical (unpaired) electrons. The van der Waals surface area contributed by atoms with Crippen LogP contribution in [0, 0.1) is 25.2 Å². The van der Waals surface area contributed by atoms with E-state index >= 15 is 0 Å². The monoisotopic (exact) mass is 649 g/mol. The number of nitrogens with zero attached hydrogens (tertiary/aromatic N) is 3. The molecule has 4 heterocycles. The molecule has 1 fully saturated rings. The molecule has 4 aliphatic rings. The van der Waals surface area contributed by atoms with Crippen LogP contribution in [0.25, 0.3) is 6.08 Å². The Hall–Kier alpha value is -4.98. The highest BCUT2D eigenvalue weighted by Gasteiger charge is 2.57. The van der Waals surface area contributed by atoms with Crippen LogP contribution in [0.5, 0.6) is 28.7 Å². The van der Waals surface area contributed by atoms with Gasteiger partial charge in [-0.1, -0.05) is 49.1 Å². The van der Waals surface area contributed by atoms with Crippen molar-refractivity contribution in [1.82, 2.24) is 9.80 Å². The Bertz CT molecular complexity index is 1850. The second kappa shape index (κ2) is 12.6. The predicted molar refractivity (Wildman–Crippen MR) is 178 cm³/mol. The molecular weight excluding hydrogens is 610 g/mol. The number of nitriles is 1. The van der Waals surface area contributed by atoms with Gasteiger partial charge in [0.2, 0.25) is 6.79 Å². The number of benzene rings is 3. The number of aryl methyl sites for hydroxylation is 1. The van der Waals surface area contributed by atoms with Gasteiger partial charge in [-0.3, -0.25) is 9.80 Å². The number of likely N-dealkylation sites (N-methyl/N-ethyl adjacent to an activating group) is 1. The van der Waals surface area contributed by atoms with Crippen LogP contribution in [0.15, 0.2) is 55.1 Å². The minimum absolute atomic E-state index is 0.0410.